The van der Waals surface area contributed by atoms with Gasteiger partial charge in [0.2, 0.25) is 0 Å². The summed E-state index contributed by atoms with van der Waals surface area (Å²) in [5, 5.41) is 6.02. The largest absolute Gasteiger partial charge is 0.353 e. The van der Waals surface area contributed by atoms with Gasteiger partial charge in [0.05, 0.1) is 0 Å². The van der Waals surface area contributed by atoms with E-state index in [1.807, 2.05) is 13.8 Å². The van der Waals surface area contributed by atoms with Crippen LogP contribution in [0.1, 0.15) is 20.3 Å². The molecule has 0 aliphatic carbocycles. The van der Waals surface area contributed by atoms with E-state index in [0.717, 1.165) is 19.5 Å². The number of hydrogen-bond donors (Lipinski definition) is 2. The molecule has 0 aromatic carbocycles. The number of carbonyl (C=O) groups excluding carboxylic acids is 1. The number of hydrogen-bond acceptors (Lipinski definition) is 4. The van der Waals surface area contributed by atoms with Crippen LogP contribution < -0.4 is 10.6 Å². The Kier molecular flexibility index (Phi) is 10.7. The highest BCUT2D eigenvalue weighted by molar-refractivity contribution is 5.73. The van der Waals surface area contributed by atoms with Crippen molar-refractivity contribution in [2.45, 2.75) is 26.6 Å². The zero-order valence-corrected chi connectivity index (χ0v) is 12.0. The number of nitrogens with zero attached hydrogens (tertiary/aromatic N) is 1. The van der Waals surface area contributed by atoms with Crippen LogP contribution in [0.25, 0.3) is 0 Å². The molecule has 6 heteroatoms. The Morgan fingerprint density at radius 3 is 2.22 bits per heavy atom. The molecule has 0 aromatic rings. The van der Waals surface area contributed by atoms with Gasteiger partial charge in [0, 0.05) is 53.4 Å². The predicted octanol–water partition coefficient (Wildman–Crippen LogP) is 0.636. The third-order valence-corrected chi connectivity index (χ3v) is 2.25. The average molecular weight is 261 g/mol. The van der Waals surface area contributed by atoms with Crippen LogP contribution in [0.3, 0.4) is 0 Å². The predicted molar refractivity (Wildman–Crippen MR) is 71.6 cm³/mol. The number of carbonyl (C=O) groups is 1. The Bertz CT molecular complexity index is 207. The molecule has 2 amide bonds. The standard InChI is InChI=1S/C12H27N3O3/c1-5-17-11(18-6-2)7-8-13-9-10-14-12(16)15(3)4/h11,13H,5-10H2,1-4H3,(H,14,16). The molecular formula is C12H27N3O3. The van der Waals surface area contributed by atoms with Crippen molar-refractivity contribution in [1.29, 1.82) is 0 Å². The molecule has 0 spiro atoms. The highest BCUT2D eigenvalue weighted by Crippen LogP contribution is 1.99. The summed E-state index contributed by atoms with van der Waals surface area (Å²) >= 11 is 0. The van der Waals surface area contributed by atoms with Gasteiger partial charge in [-0.05, 0) is 13.8 Å². The van der Waals surface area contributed by atoms with Crippen molar-refractivity contribution in [2.24, 2.45) is 0 Å². The summed E-state index contributed by atoms with van der Waals surface area (Å²) in [5.41, 5.74) is 0. The second kappa shape index (κ2) is 11.3. The van der Waals surface area contributed by atoms with Crippen LogP contribution in [-0.2, 0) is 9.47 Å². The van der Waals surface area contributed by atoms with E-state index in [2.05, 4.69) is 10.6 Å². The summed E-state index contributed by atoms with van der Waals surface area (Å²) in [6.07, 6.45) is 0.674. The van der Waals surface area contributed by atoms with Crippen LogP contribution in [0.15, 0.2) is 0 Å². The number of amides is 2. The highest BCUT2D eigenvalue weighted by atomic mass is 16.7. The van der Waals surface area contributed by atoms with Crippen LogP contribution in [0.2, 0.25) is 0 Å². The van der Waals surface area contributed by atoms with E-state index in [0.29, 0.717) is 19.8 Å². The SMILES string of the molecule is CCOC(CCNCCNC(=O)N(C)C)OCC. The van der Waals surface area contributed by atoms with Gasteiger partial charge in [0.25, 0.3) is 0 Å². The fourth-order valence-electron chi connectivity index (χ4n) is 1.35. The molecule has 0 aliphatic rings. The smallest absolute Gasteiger partial charge is 0.316 e. The Morgan fingerprint density at radius 2 is 1.72 bits per heavy atom. The first-order chi connectivity index (χ1) is 8.61. The van der Waals surface area contributed by atoms with Crippen LogP contribution in [0, 0.1) is 0 Å². The van der Waals surface area contributed by atoms with Crippen LogP contribution in [0.5, 0.6) is 0 Å². The average Bonchev–Trinajstić information content (AvgIpc) is 2.33. The van der Waals surface area contributed by atoms with E-state index in [-0.39, 0.29) is 12.3 Å². The van der Waals surface area contributed by atoms with Crippen molar-refractivity contribution in [2.75, 3.05) is 46.9 Å². The quantitative estimate of drug-likeness (QED) is 0.447. The minimum atomic E-state index is -0.135. The molecular weight excluding hydrogens is 234 g/mol. The minimum absolute atomic E-state index is 0.0710. The first kappa shape index (κ1) is 17.2. The maximum atomic E-state index is 11.2. The summed E-state index contributed by atoms with van der Waals surface area (Å²) in [4.78, 5) is 12.7. The van der Waals surface area contributed by atoms with Gasteiger partial charge in [-0.25, -0.2) is 4.79 Å². The molecule has 0 aromatic heterocycles. The Morgan fingerprint density at radius 1 is 1.11 bits per heavy atom. The molecule has 0 saturated heterocycles. The Balaban J connectivity index is 3.45. The van der Waals surface area contributed by atoms with Crippen LogP contribution in [-0.4, -0.2) is 64.2 Å². The zero-order chi connectivity index (χ0) is 13.8. The molecule has 0 unspecified atom stereocenters. The molecule has 0 bridgehead atoms. The lowest BCUT2D eigenvalue weighted by atomic mass is 10.4. The summed E-state index contributed by atoms with van der Waals surface area (Å²) in [7, 11) is 3.44. The lowest BCUT2D eigenvalue weighted by Gasteiger charge is -2.17. The van der Waals surface area contributed by atoms with Crippen molar-refractivity contribution >= 4 is 6.03 Å². The highest BCUT2D eigenvalue weighted by Gasteiger charge is 2.06. The minimum Gasteiger partial charge on any atom is -0.353 e. The molecule has 0 radical (unpaired) electrons. The van der Waals surface area contributed by atoms with Crippen LogP contribution in [0.4, 0.5) is 4.79 Å². The van der Waals surface area contributed by atoms with E-state index >= 15 is 0 Å². The van der Waals surface area contributed by atoms with Crippen molar-refractivity contribution in [1.82, 2.24) is 15.5 Å². The van der Waals surface area contributed by atoms with Crippen molar-refractivity contribution in [3.63, 3.8) is 0 Å². The Hall–Kier alpha value is -0.850. The number of urea groups is 1. The second-order valence-corrected chi connectivity index (χ2v) is 4.01. The van der Waals surface area contributed by atoms with Crippen molar-refractivity contribution in [3.8, 4) is 0 Å². The molecule has 2 N–H and O–H groups in total. The van der Waals surface area contributed by atoms with Gasteiger partial charge in [0.15, 0.2) is 6.29 Å². The van der Waals surface area contributed by atoms with E-state index in [9.17, 15) is 4.79 Å². The number of ether oxygens (including phenoxy) is 2. The normalized spacial score (nSPS) is 10.7. The zero-order valence-electron chi connectivity index (χ0n) is 12.0. The third-order valence-electron chi connectivity index (χ3n) is 2.25. The number of rotatable bonds is 10. The second-order valence-electron chi connectivity index (χ2n) is 4.01. The summed E-state index contributed by atoms with van der Waals surface area (Å²) < 4.78 is 10.8. The van der Waals surface area contributed by atoms with Gasteiger partial charge in [0.1, 0.15) is 0 Å². The third kappa shape index (κ3) is 9.21. The van der Waals surface area contributed by atoms with Gasteiger partial charge < -0.3 is 25.0 Å². The molecule has 18 heavy (non-hydrogen) atoms. The van der Waals surface area contributed by atoms with E-state index in [4.69, 9.17) is 9.47 Å². The van der Waals surface area contributed by atoms with Gasteiger partial charge in [-0.1, -0.05) is 0 Å². The number of nitrogens with one attached hydrogen (secondary N) is 2. The van der Waals surface area contributed by atoms with Crippen molar-refractivity contribution in [3.05, 3.63) is 0 Å². The lowest BCUT2D eigenvalue weighted by molar-refractivity contribution is -0.138. The fraction of sp³-hybridized carbons (Fsp3) is 0.917. The van der Waals surface area contributed by atoms with Crippen LogP contribution >= 0.6 is 0 Å². The molecule has 0 fully saturated rings. The maximum absolute atomic E-state index is 11.2. The molecule has 0 rings (SSSR count). The van der Waals surface area contributed by atoms with Gasteiger partial charge in [-0.15, -0.1) is 0 Å². The molecule has 108 valence electrons. The topological polar surface area (TPSA) is 62.8 Å². The summed E-state index contributed by atoms with van der Waals surface area (Å²) in [6.45, 7) is 7.39. The first-order valence-electron chi connectivity index (χ1n) is 6.50. The Labute approximate surface area is 110 Å². The molecule has 0 aliphatic heterocycles. The molecule has 0 saturated carbocycles. The molecule has 0 atom stereocenters. The maximum Gasteiger partial charge on any atom is 0.316 e. The van der Waals surface area contributed by atoms with Crippen molar-refractivity contribution < 1.29 is 14.3 Å². The van der Waals surface area contributed by atoms with Gasteiger partial charge in [-0.3, -0.25) is 0 Å². The monoisotopic (exact) mass is 261 g/mol. The van der Waals surface area contributed by atoms with Gasteiger partial charge in [-0.2, -0.15) is 0 Å². The molecule has 0 heterocycles. The van der Waals surface area contributed by atoms with Gasteiger partial charge >= 0.3 is 6.03 Å². The fourth-order valence-corrected chi connectivity index (χ4v) is 1.35. The summed E-state index contributed by atoms with van der Waals surface area (Å²) in [6, 6.07) is -0.0710. The lowest BCUT2D eigenvalue weighted by Crippen LogP contribution is -2.38. The van der Waals surface area contributed by atoms with E-state index in [1.165, 1.54) is 4.90 Å². The first-order valence-corrected chi connectivity index (χ1v) is 6.50. The molecule has 6 nitrogen and oxygen atoms in total. The van der Waals surface area contributed by atoms with E-state index < -0.39 is 0 Å². The summed E-state index contributed by atoms with van der Waals surface area (Å²) in [5.74, 6) is 0. The van der Waals surface area contributed by atoms with E-state index in [1.54, 1.807) is 14.1 Å².